The van der Waals surface area contributed by atoms with E-state index in [0.717, 1.165) is 44.2 Å². The molecule has 234 valence electrons. The van der Waals surface area contributed by atoms with Crippen LogP contribution in [0.4, 0.5) is 0 Å². The quantitative estimate of drug-likeness (QED) is 0.139. The Morgan fingerprint density at radius 3 is 1.29 bits per heavy atom. The van der Waals surface area contributed by atoms with Crippen molar-refractivity contribution in [2.24, 2.45) is 0 Å². The van der Waals surface area contributed by atoms with Gasteiger partial charge in [-0.2, -0.15) is 0 Å². The van der Waals surface area contributed by atoms with Gasteiger partial charge in [0.15, 0.2) is 0 Å². The molecule has 48 heavy (non-hydrogen) atoms. The number of thiophene rings is 2. The second-order valence-electron chi connectivity index (χ2n) is 12.3. The number of fused-ring (bicyclic) bond motifs is 10. The van der Waals surface area contributed by atoms with E-state index < -0.39 is 0 Å². The van der Waals surface area contributed by atoms with E-state index in [1.54, 1.807) is 22.7 Å². The standard InChI is InChI=1S/C40H28N2O4S2/c1-21-5-9-25(10-6-21)41-33-17-27(45-23(3)43)13-15-29(33)39-37(41)31-19-36-32(20-35(31)47-39)38-40(48-36)30-16-14-28(46-24(4)44)18-34(30)42(38)26-11-7-22(2)8-12-26/h5-20H,1-4H3. The van der Waals surface area contributed by atoms with Gasteiger partial charge in [-0.3, -0.25) is 9.59 Å². The first-order valence-corrected chi connectivity index (χ1v) is 17.3. The predicted octanol–water partition coefficient (Wildman–Crippen LogP) is 10.8. The third-order valence-electron chi connectivity index (χ3n) is 8.91. The van der Waals surface area contributed by atoms with Crippen LogP contribution in [0.15, 0.2) is 97.1 Å². The molecule has 0 aliphatic carbocycles. The van der Waals surface area contributed by atoms with Crippen LogP contribution < -0.4 is 9.47 Å². The van der Waals surface area contributed by atoms with Crippen LogP contribution in [-0.2, 0) is 9.59 Å². The minimum absolute atomic E-state index is 0.341. The van der Waals surface area contributed by atoms with Crippen LogP contribution in [0.5, 0.6) is 11.5 Å². The fourth-order valence-electron chi connectivity index (χ4n) is 6.87. The number of rotatable bonds is 4. The van der Waals surface area contributed by atoms with E-state index in [4.69, 9.17) is 9.47 Å². The minimum Gasteiger partial charge on any atom is -0.427 e. The fraction of sp³-hybridized carbons (Fsp3) is 0.100. The Morgan fingerprint density at radius 1 is 0.521 bits per heavy atom. The Kier molecular flexibility index (Phi) is 6.31. The van der Waals surface area contributed by atoms with Crippen molar-refractivity contribution in [2.75, 3.05) is 0 Å². The molecular weight excluding hydrogens is 637 g/mol. The monoisotopic (exact) mass is 664 g/mol. The van der Waals surface area contributed by atoms with Gasteiger partial charge in [-0.1, -0.05) is 35.4 Å². The Morgan fingerprint density at radius 2 is 0.917 bits per heavy atom. The van der Waals surface area contributed by atoms with Crippen LogP contribution >= 0.6 is 22.7 Å². The first kappa shape index (κ1) is 28.8. The molecule has 0 fully saturated rings. The van der Waals surface area contributed by atoms with Crippen LogP contribution in [0.1, 0.15) is 25.0 Å². The molecule has 6 nitrogen and oxygen atoms in total. The summed E-state index contributed by atoms with van der Waals surface area (Å²) in [5.41, 5.74) is 8.77. The largest absolute Gasteiger partial charge is 0.427 e. The number of aryl methyl sites for hydroxylation is 2. The van der Waals surface area contributed by atoms with Gasteiger partial charge >= 0.3 is 11.9 Å². The Bertz CT molecular complexity index is 2600. The highest BCUT2D eigenvalue weighted by Crippen LogP contribution is 2.49. The summed E-state index contributed by atoms with van der Waals surface area (Å²) in [5.74, 6) is 0.377. The molecule has 0 unspecified atom stereocenters. The maximum atomic E-state index is 11.8. The number of aromatic nitrogens is 2. The lowest BCUT2D eigenvalue weighted by molar-refractivity contribution is -0.132. The van der Waals surface area contributed by atoms with Gasteiger partial charge in [0, 0.05) is 68.3 Å². The Balaban J connectivity index is 1.37. The summed E-state index contributed by atoms with van der Waals surface area (Å²) in [5, 5.41) is 4.59. The number of carbonyl (C=O) groups is 2. The van der Waals surface area contributed by atoms with Gasteiger partial charge in [0.2, 0.25) is 0 Å². The van der Waals surface area contributed by atoms with E-state index in [1.807, 2.05) is 24.3 Å². The van der Waals surface area contributed by atoms with Crippen molar-refractivity contribution in [3.63, 3.8) is 0 Å². The Hall–Kier alpha value is -5.44. The van der Waals surface area contributed by atoms with Crippen LogP contribution in [-0.4, -0.2) is 21.1 Å². The van der Waals surface area contributed by atoms with Crippen LogP contribution in [0.3, 0.4) is 0 Å². The highest BCUT2D eigenvalue weighted by molar-refractivity contribution is 7.28. The van der Waals surface area contributed by atoms with Crippen molar-refractivity contribution in [1.82, 2.24) is 9.13 Å². The van der Waals surface area contributed by atoms with E-state index in [9.17, 15) is 9.59 Å². The molecule has 0 saturated carbocycles. The molecule has 0 radical (unpaired) electrons. The number of hydrogen-bond acceptors (Lipinski definition) is 6. The summed E-state index contributed by atoms with van der Waals surface area (Å²) in [6, 6.07) is 33.6. The summed E-state index contributed by atoms with van der Waals surface area (Å²) in [7, 11) is 0. The SMILES string of the molecule is CC(=O)Oc1ccc2c3sc4cc5c(cc4c3n(-c3ccc(C)cc3)c2c1)sc1c2ccc(OC(C)=O)cc2n(-c2ccc(C)cc2)c51. The van der Waals surface area contributed by atoms with E-state index >= 15 is 0 Å². The molecule has 0 atom stereocenters. The topological polar surface area (TPSA) is 62.5 Å². The second kappa shape index (κ2) is 10.5. The molecule has 4 heterocycles. The van der Waals surface area contributed by atoms with Crippen LogP contribution in [0.25, 0.3) is 73.8 Å². The first-order valence-electron chi connectivity index (χ1n) is 15.7. The molecule has 0 aliphatic heterocycles. The zero-order chi connectivity index (χ0) is 32.8. The molecule has 0 amide bonds. The van der Waals surface area contributed by atoms with E-state index in [1.165, 1.54) is 54.5 Å². The lowest BCUT2D eigenvalue weighted by atomic mass is 10.1. The summed E-state index contributed by atoms with van der Waals surface area (Å²) in [6.07, 6.45) is 0. The molecule has 8 heteroatoms. The van der Waals surface area contributed by atoms with Crippen molar-refractivity contribution in [3.05, 3.63) is 108 Å². The summed E-state index contributed by atoms with van der Waals surface area (Å²) in [6.45, 7) is 7.04. The average molecular weight is 665 g/mol. The van der Waals surface area contributed by atoms with Crippen LogP contribution in [0.2, 0.25) is 0 Å². The van der Waals surface area contributed by atoms with E-state index in [-0.39, 0.29) is 11.9 Å². The third-order valence-corrected chi connectivity index (χ3v) is 11.3. The van der Waals surface area contributed by atoms with Crippen molar-refractivity contribution < 1.29 is 19.1 Å². The maximum Gasteiger partial charge on any atom is 0.308 e. The van der Waals surface area contributed by atoms with Gasteiger partial charge in [0.25, 0.3) is 0 Å². The average Bonchev–Trinajstić information content (AvgIpc) is 3.77. The summed E-state index contributed by atoms with van der Waals surface area (Å²) in [4.78, 5) is 23.7. The highest BCUT2D eigenvalue weighted by Gasteiger charge is 2.23. The van der Waals surface area contributed by atoms with Gasteiger partial charge in [0.1, 0.15) is 11.5 Å². The molecule has 0 N–H and O–H groups in total. The number of benzene rings is 5. The Labute approximate surface area is 282 Å². The first-order chi connectivity index (χ1) is 23.2. The van der Waals surface area contributed by atoms with Crippen molar-refractivity contribution in [3.8, 4) is 22.9 Å². The zero-order valence-electron chi connectivity index (χ0n) is 26.6. The molecule has 5 aromatic carbocycles. The highest BCUT2D eigenvalue weighted by atomic mass is 32.1. The normalized spacial score (nSPS) is 11.9. The van der Waals surface area contributed by atoms with Gasteiger partial charge in [0.05, 0.1) is 31.5 Å². The second-order valence-corrected chi connectivity index (χ2v) is 14.4. The fourth-order valence-corrected chi connectivity index (χ4v) is 9.36. The number of hydrogen-bond donors (Lipinski definition) is 0. The molecule has 0 aliphatic rings. The number of nitrogens with zero attached hydrogens (tertiary/aromatic N) is 2. The maximum absolute atomic E-state index is 11.8. The number of esters is 2. The van der Waals surface area contributed by atoms with Crippen molar-refractivity contribution >= 4 is 97.0 Å². The summed E-state index contributed by atoms with van der Waals surface area (Å²) >= 11 is 3.57. The lowest BCUT2D eigenvalue weighted by Crippen LogP contribution is -2.01. The number of carbonyl (C=O) groups excluding carboxylic acids is 2. The van der Waals surface area contributed by atoms with E-state index in [2.05, 4.69) is 95.8 Å². The van der Waals surface area contributed by atoms with Gasteiger partial charge in [-0.15, -0.1) is 22.7 Å². The molecule has 9 rings (SSSR count). The minimum atomic E-state index is -0.341. The van der Waals surface area contributed by atoms with E-state index in [0.29, 0.717) is 11.5 Å². The molecule has 0 saturated heterocycles. The predicted molar refractivity (Wildman–Crippen MR) is 198 cm³/mol. The van der Waals surface area contributed by atoms with Crippen molar-refractivity contribution in [1.29, 1.82) is 0 Å². The van der Waals surface area contributed by atoms with Gasteiger partial charge in [-0.05, 0) is 74.5 Å². The van der Waals surface area contributed by atoms with Gasteiger partial charge in [-0.25, -0.2) is 0 Å². The lowest BCUT2D eigenvalue weighted by Gasteiger charge is -2.10. The molecule has 4 aromatic heterocycles. The molecular formula is C40H28N2O4S2. The summed E-state index contributed by atoms with van der Waals surface area (Å²) < 4.78 is 20.4. The molecule has 0 spiro atoms. The number of ether oxygens (including phenoxy) is 2. The van der Waals surface area contributed by atoms with Crippen LogP contribution in [0, 0.1) is 13.8 Å². The van der Waals surface area contributed by atoms with Crippen molar-refractivity contribution in [2.45, 2.75) is 27.7 Å². The zero-order valence-corrected chi connectivity index (χ0v) is 28.2. The van der Waals surface area contributed by atoms with Gasteiger partial charge < -0.3 is 18.6 Å². The smallest absolute Gasteiger partial charge is 0.308 e. The molecule has 9 aromatic rings. The molecule has 0 bridgehead atoms. The third kappa shape index (κ3) is 4.37.